The first-order valence-corrected chi connectivity index (χ1v) is 8.56. The molecule has 0 saturated carbocycles. The molecule has 1 amide bonds. The summed E-state index contributed by atoms with van der Waals surface area (Å²) >= 11 is 0. The van der Waals surface area contributed by atoms with Crippen LogP contribution in [0, 0.1) is 13.8 Å². The Morgan fingerprint density at radius 2 is 1.96 bits per heavy atom. The molecule has 1 saturated heterocycles. The van der Waals surface area contributed by atoms with Crippen LogP contribution in [0.1, 0.15) is 46.1 Å². The lowest BCUT2D eigenvalue weighted by atomic mass is 10.0. The lowest BCUT2D eigenvalue weighted by Gasteiger charge is -2.27. The maximum atomic E-state index is 13.2. The molecule has 1 aliphatic heterocycles. The van der Waals surface area contributed by atoms with Gasteiger partial charge in [-0.1, -0.05) is 18.2 Å². The summed E-state index contributed by atoms with van der Waals surface area (Å²) in [5.41, 5.74) is 2.62. The Morgan fingerprint density at radius 3 is 2.68 bits per heavy atom. The van der Waals surface area contributed by atoms with Gasteiger partial charge >= 0.3 is 0 Å². The van der Waals surface area contributed by atoms with Crippen LogP contribution in [0.2, 0.25) is 0 Å². The van der Waals surface area contributed by atoms with E-state index >= 15 is 0 Å². The van der Waals surface area contributed by atoms with Crippen LogP contribution in [0.25, 0.3) is 0 Å². The zero-order chi connectivity index (χ0) is 18.1. The average Bonchev–Trinajstić information content (AvgIpc) is 3.09. The Balaban J connectivity index is 2.03. The van der Waals surface area contributed by atoms with E-state index in [1.54, 1.807) is 14.2 Å². The Labute approximate surface area is 147 Å². The number of ether oxygens (including phenoxy) is 1. The highest BCUT2D eigenvalue weighted by atomic mass is 16.5. The highest BCUT2D eigenvalue weighted by molar-refractivity contribution is 5.95. The average molecular weight is 340 g/mol. The number of aromatic nitrogens is 1. The summed E-state index contributed by atoms with van der Waals surface area (Å²) < 4.78 is 7.01. The lowest BCUT2D eigenvalue weighted by Crippen LogP contribution is -2.37. The molecule has 5 nitrogen and oxygen atoms in total. The number of pyridine rings is 1. The fourth-order valence-electron chi connectivity index (χ4n) is 3.66. The second kappa shape index (κ2) is 6.75. The van der Waals surface area contributed by atoms with Crippen LogP contribution in [0.4, 0.5) is 0 Å². The van der Waals surface area contributed by atoms with Crippen LogP contribution < -0.4 is 10.3 Å². The normalized spacial score (nSPS) is 17.0. The van der Waals surface area contributed by atoms with Crippen LogP contribution in [0.15, 0.2) is 35.1 Å². The number of carbonyl (C=O) groups excluding carboxylic acids is 1. The maximum Gasteiger partial charge on any atom is 0.263 e. The third kappa shape index (κ3) is 2.95. The fraction of sp³-hybridized carbons (Fsp3) is 0.400. The number of nitrogens with zero attached hydrogens (tertiary/aromatic N) is 2. The monoisotopic (exact) mass is 340 g/mol. The zero-order valence-corrected chi connectivity index (χ0v) is 15.2. The third-order valence-electron chi connectivity index (χ3n) is 5.09. The van der Waals surface area contributed by atoms with Gasteiger partial charge in [0.1, 0.15) is 11.3 Å². The molecule has 0 aliphatic carbocycles. The van der Waals surface area contributed by atoms with Crippen LogP contribution in [-0.4, -0.2) is 29.0 Å². The number of hydrogen-bond acceptors (Lipinski definition) is 3. The molecule has 0 N–H and O–H groups in total. The van der Waals surface area contributed by atoms with Gasteiger partial charge in [0.15, 0.2) is 0 Å². The van der Waals surface area contributed by atoms with Crippen molar-refractivity contribution >= 4 is 5.91 Å². The molecule has 1 atom stereocenters. The van der Waals surface area contributed by atoms with Crippen molar-refractivity contribution in [3.8, 4) is 5.75 Å². The van der Waals surface area contributed by atoms with Crippen molar-refractivity contribution in [3.05, 3.63) is 63.1 Å². The minimum Gasteiger partial charge on any atom is -0.496 e. The molecule has 2 aromatic rings. The molecule has 3 rings (SSSR count). The molecular weight excluding hydrogens is 316 g/mol. The Hall–Kier alpha value is -2.56. The molecule has 2 heterocycles. The van der Waals surface area contributed by atoms with Gasteiger partial charge in [-0.25, -0.2) is 0 Å². The van der Waals surface area contributed by atoms with Crippen molar-refractivity contribution in [1.82, 2.24) is 9.47 Å². The minimum absolute atomic E-state index is 0.0611. The summed E-state index contributed by atoms with van der Waals surface area (Å²) in [6.45, 7) is 4.35. The van der Waals surface area contributed by atoms with Crippen molar-refractivity contribution < 1.29 is 9.53 Å². The highest BCUT2D eigenvalue weighted by Gasteiger charge is 2.34. The van der Waals surface area contributed by atoms with Crippen LogP contribution in [0.3, 0.4) is 0 Å². The van der Waals surface area contributed by atoms with Crippen molar-refractivity contribution in [2.75, 3.05) is 13.7 Å². The van der Waals surface area contributed by atoms with Gasteiger partial charge in [-0.3, -0.25) is 9.59 Å². The van der Waals surface area contributed by atoms with Crippen molar-refractivity contribution in [2.45, 2.75) is 32.7 Å². The highest BCUT2D eigenvalue weighted by Crippen LogP contribution is 2.37. The molecule has 1 aromatic heterocycles. The predicted octanol–water partition coefficient (Wildman–Crippen LogP) is 2.99. The van der Waals surface area contributed by atoms with E-state index in [-0.39, 0.29) is 23.1 Å². The number of hydrogen-bond donors (Lipinski definition) is 0. The number of likely N-dealkylation sites (tertiary alicyclic amines) is 1. The first-order chi connectivity index (χ1) is 12.0. The summed E-state index contributed by atoms with van der Waals surface area (Å²) in [6, 6.07) is 9.61. The second-order valence-corrected chi connectivity index (χ2v) is 6.61. The summed E-state index contributed by atoms with van der Waals surface area (Å²) in [4.78, 5) is 27.7. The Kier molecular flexibility index (Phi) is 4.66. The Morgan fingerprint density at radius 1 is 1.24 bits per heavy atom. The molecule has 132 valence electrons. The van der Waals surface area contributed by atoms with Gasteiger partial charge < -0.3 is 14.2 Å². The van der Waals surface area contributed by atoms with Gasteiger partial charge in [0, 0.05) is 24.8 Å². The van der Waals surface area contributed by atoms with E-state index in [4.69, 9.17) is 4.74 Å². The quantitative estimate of drug-likeness (QED) is 0.863. The fourth-order valence-corrected chi connectivity index (χ4v) is 3.66. The van der Waals surface area contributed by atoms with Crippen LogP contribution >= 0.6 is 0 Å². The number of rotatable bonds is 3. The smallest absolute Gasteiger partial charge is 0.263 e. The van der Waals surface area contributed by atoms with Gasteiger partial charge in [-0.2, -0.15) is 0 Å². The van der Waals surface area contributed by atoms with E-state index in [1.165, 1.54) is 4.57 Å². The van der Waals surface area contributed by atoms with E-state index in [0.29, 0.717) is 6.54 Å². The zero-order valence-electron chi connectivity index (χ0n) is 15.2. The SMILES string of the molecule is COc1ccccc1[C@H]1CCCN1C(=O)c1c(C)cc(C)n(C)c1=O. The summed E-state index contributed by atoms with van der Waals surface area (Å²) in [7, 11) is 3.34. The molecule has 0 radical (unpaired) electrons. The molecule has 1 fully saturated rings. The molecule has 0 bridgehead atoms. The maximum absolute atomic E-state index is 13.2. The van der Waals surface area contributed by atoms with Gasteiger partial charge in [0.25, 0.3) is 11.5 Å². The topological polar surface area (TPSA) is 51.5 Å². The van der Waals surface area contributed by atoms with Crippen molar-refractivity contribution in [2.24, 2.45) is 7.05 Å². The van der Waals surface area contributed by atoms with Crippen molar-refractivity contribution in [1.29, 1.82) is 0 Å². The van der Waals surface area contributed by atoms with Crippen LogP contribution in [-0.2, 0) is 7.05 Å². The van der Waals surface area contributed by atoms with Gasteiger partial charge in [0.05, 0.1) is 13.2 Å². The lowest BCUT2D eigenvalue weighted by molar-refractivity contribution is 0.0731. The largest absolute Gasteiger partial charge is 0.496 e. The third-order valence-corrected chi connectivity index (χ3v) is 5.09. The van der Waals surface area contributed by atoms with E-state index in [2.05, 4.69) is 0 Å². The van der Waals surface area contributed by atoms with Gasteiger partial charge in [-0.15, -0.1) is 0 Å². The van der Waals surface area contributed by atoms with Gasteiger partial charge in [-0.05, 0) is 44.4 Å². The number of amides is 1. The number of benzene rings is 1. The Bertz CT molecular complexity index is 870. The first kappa shape index (κ1) is 17.3. The minimum atomic E-state index is -0.229. The molecule has 1 aromatic carbocycles. The van der Waals surface area contributed by atoms with E-state index in [0.717, 1.165) is 35.4 Å². The van der Waals surface area contributed by atoms with E-state index in [9.17, 15) is 9.59 Å². The predicted molar refractivity (Wildman–Crippen MR) is 97.2 cm³/mol. The molecule has 0 unspecified atom stereocenters. The number of aryl methyl sites for hydroxylation is 2. The van der Waals surface area contributed by atoms with E-state index < -0.39 is 0 Å². The first-order valence-electron chi connectivity index (χ1n) is 8.56. The summed E-state index contributed by atoms with van der Waals surface area (Å²) in [5, 5.41) is 0. The van der Waals surface area contributed by atoms with Crippen LogP contribution in [0.5, 0.6) is 5.75 Å². The second-order valence-electron chi connectivity index (χ2n) is 6.61. The number of methoxy groups -OCH3 is 1. The molecule has 1 aliphatic rings. The molecular formula is C20H24N2O3. The number of para-hydroxylation sites is 1. The van der Waals surface area contributed by atoms with E-state index in [1.807, 2.05) is 49.1 Å². The summed E-state index contributed by atoms with van der Waals surface area (Å²) in [5.74, 6) is 0.590. The van der Waals surface area contributed by atoms with Gasteiger partial charge in [0.2, 0.25) is 0 Å². The van der Waals surface area contributed by atoms with Crippen molar-refractivity contribution in [3.63, 3.8) is 0 Å². The number of carbonyl (C=O) groups is 1. The molecule has 0 spiro atoms. The molecule has 25 heavy (non-hydrogen) atoms. The summed E-state index contributed by atoms with van der Waals surface area (Å²) in [6.07, 6.45) is 1.79. The molecule has 5 heteroatoms. The standard InChI is InChI=1S/C20H24N2O3/c1-13-12-14(2)21(3)19(23)18(13)20(24)22-11-7-9-16(22)15-8-5-6-10-17(15)25-4/h5-6,8,10,12,16H,7,9,11H2,1-4H3/t16-/m1/s1.